The number of primary amides is 1. The molecule has 2 aliphatic carbocycles. The Balaban J connectivity index is 1.47. The van der Waals surface area contributed by atoms with Crippen molar-refractivity contribution in [1.29, 1.82) is 0 Å². The number of benzene rings is 1. The summed E-state index contributed by atoms with van der Waals surface area (Å²) >= 11 is 0. The van der Waals surface area contributed by atoms with Gasteiger partial charge in [-0.15, -0.1) is 0 Å². The topological polar surface area (TPSA) is 187 Å². The molecule has 2 saturated carbocycles. The first-order valence-electron chi connectivity index (χ1n) is 25.0. The lowest BCUT2D eigenvalue weighted by Crippen LogP contribution is -2.47. The smallest absolute Gasteiger partial charge is 0.227 e. The van der Waals surface area contributed by atoms with Crippen LogP contribution < -0.4 is 11.1 Å². The lowest BCUT2D eigenvalue weighted by atomic mass is 9.73. The Morgan fingerprint density at radius 1 is 0.750 bits per heavy atom. The van der Waals surface area contributed by atoms with Crippen LogP contribution in [0.1, 0.15) is 181 Å². The molecule has 1 heterocycles. The van der Waals surface area contributed by atoms with E-state index in [0.29, 0.717) is 38.2 Å². The van der Waals surface area contributed by atoms with Gasteiger partial charge in [0, 0.05) is 68.7 Å². The van der Waals surface area contributed by atoms with Crippen molar-refractivity contribution in [3.63, 3.8) is 0 Å². The van der Waals surface area contributed by atoms with Crippen LogP contribution in [0.15, 0.2) is 30.3 Å². The second-order valence-electron chi connectivity index (χ2n) is 19.4. The molecule has 0 bridgehead atoms. The van der Waals surface area contributed by atoms with Crippen molar-refractivity contribution in [2.24, 2.45) is 41.2 Å². The molecule has 356 valence electrons. The summed E-state index contributed by atoms with van der Waals surface area (Å²) < 4.78 is 6.35. The van der Waals surface area contributed by atoms with Crippen molar-refractivity contribution in [3.8, 4) is 0 Å². The van der Waals surface area contributed by atoms with Gasteiger partial charge in [-0.2, -0.15) is 0 Å². The average molecular weight is 890 g/mol. The molecule has 12 nitrogen and oxygen atoms in total. The van der Waals surface area contributed by atoms with Crippen LogP contribution >= 0.6 is 0 Å². The van der Waals surface area contributed by atoms with Crippen LogP contribution in [0.5, 0.6) is 0 Å². The Labute approximate surface area is 382 Å². The van der Waals surface area contributed by atoms with E-state index in [2.05, 4.69) is 12.2 Å². The van der Waals surface area contributed by atoms with Crippen LogP contribution in [0.25, 0.3) is 0 Å². The van der Waals surface area contributed by atoms with Crippen LogP contribution in [0.3, 0.4) is 0 Å². The van der Waals surface area contributed by atoms with Crippen molar-refractivity contribution in [3.05, 3.63) is 35.9 Å². The number of likely N-dealkylation sites (tertiary alicyclic amines) is 1. The summed E-state index contributed by atoms with van der Waals surface area (Å²) in [6.45, 7) is 8.52. The number of nitrogens with zero attached hydrogens (tertiary/aromatic N) is 1. The van der Waals surface area contributed by atoms with Crippen molar-refractivity contribution < 1.29 is 43.1 Å². The molecular weight excluding hydrogens is 811 g/mol. The van der Waals surface area contributed by atoms with E-state index in [1.165, 1.54) is 0 Å². The van der Waals surface area contributed by atoms with E-state index in [9.17, 15) is 38.4 Å². The molecule has 0 aromatic heterocycles. The molecule has 12 heteroatoms. The largest absolute Gasteiger partial charge is 0.372 e. The van der Waals surface area contributed by atoms with E-state index < -0.39 is 59.3 Å². The van der Waals surface area contributed by atoms with Gasteiger partial charge < -0.3 is 20.7 Å². The maximum absolute atomic E-state index is 14.9. The molecule has 1 aromatic rings. The first-order valence-corrected chi connectivity index (χ1v) is 25.0. The van der Waals surface area contributed by atoms with Gasteiger partial charge in [-0.1, -0.05) is 122 Å². The van der Waals surface area contributed by atoms with Crippen LogP contribution in [0, 0.1) is 35.5 Å². The number of ketones is 5. The Kier molecular flexibility index (Phi) is 22.5. The molecule has 8 atom stereocenters. The highest BCUT2D eigenvalue weighted by atomic mass is 16.5. The summed E-state index contributed by atoms with van der Waals surface area (Å²) in [5.41, 5.74) is 6.55. The highest BCUT2D eigenvalue weighted by Crippen LogP contribution is 2.38. The van der Waals surface area contributed by atoms with Crippen molar-refractivity contribution in [2.45, 2.75) is 200 Å². The molecule has 64 heavy (non-hydrogen) atoms. The number of carbonyl (C=O) groups excluding carboxylic acids is 8. The first-order chi connectivity index (χ1) is 30.8. The summed E-state index contributed by atoms with van der Waals surface area (Å²) in [6.07, 6.45) is 12.4. The molecule has 1 saturated heterocycles. The van der Waals surface area contributed by atoms with Gasteiger partial charge in [0.2, 0.25) is 23.5 Å². The number of carbonyl (C=O) groups is 8. The van der Waals surface area contributed by atoms with Gasteiger partial charge in [-0.25, -0.2) is 0 Å². The number of nitrogens with two attached hydrogens (primary N) is 1. The zero-order valence-electron chi connectivity index (χ0n) is 39.5. The van der Waals surface area contributed by atoms with E-state index in [-0.39, 0.29) is 86.6 Å². The molecule has 3 fully saturated rings. The van der Waals surface area contributed by atoms with Gasteiger partial charge in [0.15, 0.2) is 17.3 Å². The third kappa shape index (κ3) is 16.4. The highest BCUT2D eigenvalue weighted by Gasteiger charge is 2.45. The van der Waals surface area contributed by atoms with Crippen molar-refractivity contribution in [1.82, 2.24) is 10.2 Å². The average Bonchev–Trinajstić information content (AvgIpc) is 3.73. The molecule has 3 N–H and O–H groups in total. The predicted molar refractivity (Wildman–Crippen MR) is 247 cm³/mol. The quantitative estimate of drug-likeness (QED) is 0.0746. The standard InChI is InChI=1S/C52H79N3O9/c1-5-8-21-40(51(53)62)30-47(58)43(25-9-6-2)54-49(60)27-26-45(56)50(61)39(17-7-3)29-48(59)44-31-41(64-34-36-19-12-10-13-20-36)33-55(44)52(63)42(37-22-14-11-15-23-37)32-46(57)38-24-16-18-35(4)28-38/h10,12-13,19-20,35,37-44H,5-9,11,14-18,21-34H2,1-4H3,(H2,53,62)(H,54,60)/t35?,38?,39?,40?,41-,42?,43?,44+/m1/s1. The number of amides is 3. The maximum atomic E-state index is 14.9. The maximum Gasteiger partial charge on any atom is 0.227 e. The fraction of sp³-hybridized carbons (Fsp3) is 0.731. The van der Waals surface area contributed by atoms with Crippen LogP contribution in [-0.4, -0.2) is 76.3 Å². The highest BCUT2D eigenvalue weighted by molar-refractivity contribution is 6.38. The minimum atomic E-state index is -0.925. The van der Waals surface area contributed by atoms with Gasteiger partial charge in [-0.3, -0.25) is 38.4 Å². The number of rotatable bonds is 29. The summed E-state index contributed by atoms with van der Waals surface area (Å²) in [5, 5.41) is 2.75. The third-order valence-electron chi connectivity index (χ3n) is 14.2. The summed E-state index contributed by atoms with van der Waals surface area (Å²) in [7, 11) is 0. The lowest BCUT2D eigenvalue weighted by Gasteiger charge is -2.35. The Hall–Kier alpha value is -4.06. The van der Waals surface area contributed by atoms with E-state index in [1.807, 2.05) is 51.1 Å². The van der Waals surface area contributed by atoms with Gasteiger partial charge >= 0.3 is 0 Å². The number of nitrogens with one attached hydrogen (secondary N) is 1. The summed E-state index contributed by atoms with van der Waals surface area (Å²) in [5.74, 6) is -4.81. The first kappa shape index (κ1) is 52.6. The molecule has 0 spiro atoms. The SMILES string of the molecule is CCCCC(CC(=O)C(CCCC)NC(=O)CCC(=O)C(=O)C(CCC)CC(=O)[C@@H]1C[C@@H](OCc2ccccc2)CN1C(=O)C(CC(=O)C1CCCC(C)C1)C1CCCCC1)C(N)=O. The van der Waals surface area contributed by atoms with Crippen LogP contribution in [0.2, 0.25) is 0 Å². The number of hydrogen-bond donors (Lipinski definition) is 2. The van der Waals surface area contributed by atoms with Gasteiger partial charge in [0.05, 0.1) is 24.8 Å². The van der Waals surface area contributed by atoms with E-state index in [1.54, 1.807) is 4.90 Å². The Morgan fingerprint density at radius 3 is 2.11 bits per heavy atom. The summed E-state index contributed by atoms with van der Waals surface area (Å²) in [6, 6.07) is 7.99. The fourth-order valence-electron chi connectivity index (χ4n) is 10.4. The minimum Gasteiger partial charge on any atom is -0.372 e. The second-order valence-corrected chi connectivity index (χ2v) is 19.4. The fourth-order valence-corrected chi connectivity index (χ4v) is 10.4. The molecule has 3 aliphatic rings. The molecule has 3 amide bonds. The Morgan fingerprint density at radius 2 is 1.45 bits per heavy atom. The molecular formula is C52H79N3O9. The normalized spacial score (nSPS) is 22.2. The molecule has 0 radical (unpaired) electrons. The zero-order chi connectivity index (χ0) is 46.6. The third-order valence-corrected chi connectivity index (χ3v) is 14.2. The van der Waals surface area contributed by atoms with Gasteiger partial charge in [-0.05, 0) is 62.3 Å². The monoisotopic (exact) mass is 890 g/mol. The van der Waals surface area contributed by atoms with Crippen molar-refractivity contribution in [2.75, 3.05) is 6.54 Å². The number of hydrogen-bond acceptors (Lipinski definition) is 9. The van der Waals surface area contributed by atoms with Gasteiger partial charge in [0.1, 0.15) is 5.78 Å². The molecule has 1 aliphatic heterocycles. The molecule has 1 aromatic carbocycles. The predicted octanol–water partition coefficient (Wildman–Crippen LogP) is 8.37. The lowest BCUT2D eigenvalue weighted by molar-refractivity contribution is -0.146. The zero-order valence-corrected chi connectivity index (χ0v) is 39.5. The minimum absolute atomic E-state index is 0.0494. The van der Waals surface area contributed by atoms with Crippen LogP contribution in [-0.2, 0) is 49.7 Å². The van der Waals surface area contributed by atoms with E-state index >= 15 is 0 Å². The van der Waals surface area contributed by atoms with E-state index in [4.69, 9.17) is 10.5 Å². The Bertz CT molecular complexity index is 1710. The number of unbranched alkanes of at least 4 members (excludes halogenated alkanes) is 2. The van der Waals surface area contributed by atoms with E-state index in [0.717, 1.165) is 82.6 Å². The molecule has 4 rings (SSSR count). The van der Waals surface area contributed by atoms with Crippen LogP contribution in [0.4, 0.5) is 0 Å². The molecule has 6 unspecified atom stereocenters. The van der Waals surface area contributed by atoms with Crippen molar-refractivity contribution >= 4 is 46.6 Å². The number of Topliss-reactive ketones (excluding diaryl/α,β-unsaturated/α-hetero) is 5. The number of ether oxygens (including phenoxy) is 1. The van der Waals surface area contributed by atoms with Gasteiger partial charge in [0.25, 0.3) is 0 Å². The second kappa shape index (κ2) is 27.4. The summed E-state index contributed by atoms with van der Waals surface area (Å²) in [4.78, 5) is 111.